The molecule has 0 radical (unpaired) electrons. The van der Waals surface area contributed by atoms with Gasteiger partial charge in [-0.1, -0.05) is 326 Å². The second-order valence-electron chi connectivity index (χ2n) is 24.6. The van der Waals surface area contributed by atoms with Gasteiger partial charge in [-0.15, -0.1) is 0 Å². The van der Waals surface area contributed by atoms with Crippen LogP contribution in [0.3, 0.4) is 0 Å². The third-order valence-electron chi connectivity index (χ3n) is 16.3. The summed E-state index contributed by atoms with van der Waals surface area (Å²) in [7, 11) is 0. The minimum Gasteiger partial charge on any atom is -0.394 e. The molecule has 9 heteroatoms. The second kappa shape index (κ2) is 67.7. The molecular formula is C81H135NO8. The lowest BCUT2D eigenvalue weighted by atomic mass is 9.99. The van der Waals surface area contributed by atoms with Crippen molar-refractivity contribution >= 4 is 5.91 Å². The molecule has 1 heterocycles. The molecule has 1 amide bonds. The molecule has 7 atom stereocenters. The predicted molar refractivity (Wildman–Crippen MR) is 386 cm³/mol. The molecule has 1 saturated heterocycles. The zero-order chi connectivity index (χ0) is 64.9. The Labute approximate surface area is 552 Å². The normalized spacial score (nSPS) is 18.8. The number of aliphatic hydroxyl groups is 5. The van der Waals surface area contributed by atoms with Crippen LogP contribution >= 0.6 is 0 Å². The van der Waals surface area contributed by atoms with E-state index in [0.717, 1.165) is 122 Å². The highest BCUT2D eigenvalue weighted by molar-refractivity contribution is 5.76. The zero-order valence-corrected chi connectivity index (χ0v) is 57.3. The molecule has 6 N–H and O–H groups in total. The van der Waals surface area contributed by atoms with Gasteiger partial charge in [0.05, 0.1) is 25.4 Å². The maximum atomic E-state index is 13.1. The Bertz CT molecular complexity index is 1980. The first-order chi connectivity index (χ1) is 44.3. The molecule has 9 nitrogen and oxygen atoms in total. The summed E-state index contributed by atoms with van der Waals surface area (Å²) in [5.74, 6) is -0.202. The van der Waals surface area contributed by atoms with E-state index in [2.05, 4.69) is 165 Å². The van der Waals surface area contributed by atoms with E-state index in [1.807, 2.05) is 6.08 Å². The highest BCUT2D eigenvalue weighted by Crippen LogP contribution is 2.23. The lowest BCUT2D eigenvalue weighted by Gasteiger charge is -2.40. The second-order valence-corrected chi connectivity index (χ2v) is 24.6. The van der Waals surface area contributed by atoms with Gasteiger partial charge < -0.3 is 40.3 Å². The molecule has 0 aliphatic carbocycles. The van der Waals surface area contributed by atoms with Gasteiger partial charge in [-0.2, -0.15) is 0 Å². The highest BCUT2D eigenvalue weighted by Gasteiger charge is 2.44. The quantitative estimate of drug-likeness (QED) is 0.0261. The van der Waals surface area contributed by atoms with Crippen LogP contribution < -0.4 is 5.32 Å². The molecular weight excluding hydrogens is 1110 g/mol. The molecule has 0 aromatic carbocycles. The molecule has 512 valence electrons. The van der Waals surface area contributed by atoms with Crippen molar-refractivity contribution in [2.45, 2.75) is 333 Å². The number of hydrogen-bond acceptors (Lipinski definition) is 8. The van der Waals surface area contributed by atoms with Crippen molar-refractivity contribution in [1.82, 2.24) is 5.32 Å². The van der Waals surface area contributed by atoms with Crippen LogP contribution in [0, 0.1) is 0 Å². The number of nitrogens with one attached hydrogen (secondary N) is 1. The van der Waals surface area contributed by atoms with Crippen LogP contribution in [0.25, 0.3) is 0 Å². The average molecular weight is 1250 g/mol. The summed E-state index contributed by atoms with van der Waals surface area (Å²) in [6.45, 7) is 3.66. The summed E-state index contributed by atoms with van der Waals surface area (Å²) < 4.78 is 11.3. The summed E-state index contributed by atoms with van der Waals surface area (Å²) >= 11 is 0. The number of rotatable bonds is 62. The van der Waals surface area contributed by atoms with Crippen molar-refractivity contribution in [3.63, 3.8) is 0 Å². The number of ether oxygens (including phenoxy) is 2. The van der Waals surface area contributed by atoms with Crippen LogP contribution in [0.1, 0.15) is 290 Å². The minimum absolute atomic E-state index is 0.202. The van der Waals surface area contributed by atoms with Crippen molar-refractivity contribution in [1.29, 1.82) is 0 Å². The smallest absolute Gasteiger partial charge is 0.220 e. The monoisotopic (exact) mass is 1250 g/mol. The number of carbonyl (C=O) groups excluding carboxylic acids is 1. The summed E-state index contributed by atoms with van der Waals surface area (Å²) in [5.41, 5.74) is 0. The van der Waals surface area contributed by atoms with Crippen molar-refractivity contribution in [2.24, 2.45) is 0 Å². The van der Waals surface area contributed by atoms with Gasteiger partial charge in [0.1, 0.15) is 24.4 Å². The molecule has 7 unspecified atom stereocenters. The lowest BCUT2D eigenvalue weighted by Crippen LogP contribution is -2.60. The van der Waals surface area contributed by atoms with Gasteiger partial charge in [0.2, 0.25) is 5.91 Å². The van der Waals surface area contributed by atoms with Gasteiger partial charge in [0.15, 0.2) is 6.29 Å². The number of carbonyl (C=O) groups is 1. The van der Waals surface area contributed by atoms with E-state index in [4.69, 9.17) is 9.47 Å². The lowest BCUT2D eigenvalue weighted by molar-refractivity contribution is -0.302. The third kappa shape index (κ3) is 55.4. The Kier molecular flexibility index (Phi) is 63.0. The standard InChI is InChI=1S/C81H135NO8/c1-3-5-7-9-11-13-15-17-19-21-23-25-27-29-31-32-33-34-35-36-37-38-39-40-41-42-43-44-45-47-49-51-53-55-57-59-61-63-65-67-69-71-77(85)82-74(73-89-81-80(88)79(87)78(86)76(72-83)90-81)75(84)70-68-66-64-62-60-58-56-54-52-50-48-46-30-28-26-24-22-20-18-16-14-12-10-8-6-4-2/h5,7,11,13,17,19,23,25,29,31,33-34,36-37,39-40,42-43,45,47,51,53,60,62,68,70,74-76,78-81,83-84,86-88H,3-4,6,8-10,12,14-16,18,20-22,24,26-28,30,32,35,38,41,44,46,48-50,52,54-59,61,63-67,69,71-73H2,1-2H3,(H,82,85)/b7-5-,13-11-,19-17-,25-23-,31-29-,34-33-,37-36-,40-39-,43-42-,47-45-,53-51-,62-60+,70-68+. The molecule has 1 aliphatic heterocycles. The van der Waals surface area contributed by atoms with E-state index in [-0.39, 0.29) is 12.5 Å². The predicted octanol–water partition coefficient (Wildman–Crippen LogP) is 20.7. The Morgan fingerprint density at radius 3 is 1.07 bits per heavy atom. The fourth-order valence-electron chi connectivity index (χ4n) is 10.6. The van der Waals surface area contributed by atoms with Crippen LogP contribution in [0.2, 0.25) is 0 Å². The third-order valence-corrected chi connectivity index (χ3v) is 16.3. The van der Waals surface area contributed by atoms with Gasteiger partial charge in [0.25, 0.3) is 0 Å². The fraction of sp³-hybridized carbons (Fsp3) is 0.667. The van der Waals surface area contributed by atoms with E-state index >= 15 is 0 Å². The van der Waals surface area contributed by atoms with Crippen LogP contribution in [-0.2, 0) is 14.3 Å². The Morgan fingerprint density at radius 2 is 0.700 bits per heavy atom. The van der Waals surface area contributed by atoms with Crippen molar-refractivity contribution in [3.8, 4) is 0 Å². The maximum absolute atomic E-state index is 13.1. The van der Waals surface area contributed by atoms with Crippen molar-refractivity contribution in [3.05, 3.63) is 158 Å². The number of hydrogen-bond donors (Lipinski definition) is 6. The Morgan fingerprint density at radius 1 is 0.389 bits per heavy atom. The number of amides is 1. The first kappa shape index (κ1) is 83.8. The molecule has 1 aliphatic rings. The van der Waals surface area contributed by atoms with Crippen molar-refractivity contribution in [2.75, 3.05) is 13.2 Å². The molecule has 1 rings (SSSR count). The van der Waals surface area contributed by atoms with E-state index in [0.29, 0.717) is 6.42 Å². The molecule has 90 heavy (non-hydrogen) atoms. The molecule has 1 fully saturated rings. The largest absolute Gasteiger partial charge is 0.394 e. The van der Waals surface area contributed by atoms with Gasteiger partial charge in [-0.25, -0.2) is 0 Å². The van der Waals surface area contributed by atoms with Crippen LogP contribution in [0.15, 0.2) is 158 Å². The van der Waals surface area contributed by atoms with Gasteiger partial charge in [0, 0.05) is 6.42 Å². The first-order valence-corrected chi connectivity index (χ1v) is 36.7. The summed E-state index contributed by atoms with van der Waals surface area (Å²) in [4.78, 5) is 13.1. The van der Waals surface area contributed by atoms with Crippen molar-refractivity contribution < 1.29 is 39.8 Å². The van der Waals surface area contributed by atoms with E-state index < -0.39 is 49.5 Å². The topological polar surface area (TPSA) is 149 Å². The summed E-state index contributed by atoms with van der Waals surface area (Å²) in [6, 6.07) is -0.841. The Balaban J connectivity index is 2.18. The average Bonchev–Trinajstić information content (AvgIpc) is 1.28. The van der Waals surface area contributed by atoms with Crippen LogP contribution in [0.4, 0.5) is 0 Å². The molecule has 0 bridgehead atoms. The molecule has 0 aromatic heterocycles. The SMILES string of the molecule is CC/C=C\C/C=C\C/C=C\C/C=C\C/C=C\C/C=C\C/C=C\C/C=C\C/C=C\C/C=C\C/C=C\CCCCCCCCCC(=O)NC(COC1OC(CO)C(O)C(O)C1O)C(O)/C=C/CC/C=C/CCCCCCCCCCCCCCCCCCCCCC. The van der Waals surface area contributed by atoms with Gasteiger partial charge in [-0.05, 0) is 116 Å². The number of aliphatic hydroxyl groups excluding tert-OH is 5. The first-order valence-electron chi connectivity index (χ1n) is 36.7. The minimum atomic E-state index is -1.58. The van der Waals surface area contributed by atoms with Crippen LogP contribution in [0.5, 0.6) is 0 Å². The number of allylic oxidation sites excluding steroid dienone is 25. The number of unbranched alkanes of at least 4 members (excludes halogenated alkanes) is 28. The van der Waals surface area contributed by atoms with Gasteiger partial charge >= 0.3 is 0 Å². The van der Waals surface area contributed by atoms with E-state index in [1.54, 1.807) is 6.08 Å². The van der Waals surface area contributed by atoms with E-state index in [1.165, 1.54) is 148 Å². The highest BCUT2D eigenvalue weighted by atomic mass is 16.7. The van der Waals surface area contributed by atoms with E-state index in [9.17, 15) is 30.3 Å². The van der Waals surface area contributed by atoms with Gasteiger partial charge in [-0.3, -0.25) is 4.79 Å². The zero-order valence-electron chi connectivity index (χ0n) is 57.3. The molecule has 0 spiro atoms. The van der Waals surface area contributed by atoms with Crippen LogP contribution in [-0.4, -0.2) is 87.5 Å². The fourth-order valence-corrected chi connectivity index (χ4v) is 10.6. The summed E-state index contributed by atoms with van der Waals surface area (Å²) in [6.07, 6.45) is 99.2. The maximum Gasteiger partial charge on any atom is 0.220 e. The molecule has 0 saturated carbocycles. The Hall–Kier alpha value is -4.19. The summed E-state index contributed by atoms with van der Waals surface area (Å²) in [5, 5.41) is 54.8. The molecule has 0 aromatic rings.